The van der Waals surface area contributed by atoms with Crippen LogP contribution in [0.4, 0.5) is 0 Å². The van der Waals surface area contributed by atoms with E-state index in [1.54, 1.807) is 6.07 Å². The second kappa shape index (κ2) is 7.51. The molecule has 0 bridgehead atoms. The summed E-state index contributed by atoms with van der Waals surface area (Å²) < 4.78 is 5.83. The van der Waals surface area contributed by atoms with E-state index in [1.165, 1.54) is 0 Å². The van der Waals surface area contributed by atoms with Crippen molar-refractivity contribution in [1.82, 2.24) is 5.32 Å². The Balaban J connectivity index is 2.11. The molecule has 23 heavy (non-hydrogen) atoms. The van der Waals surface area contributed by atoms with Crippen LogP contribution in [0.1, 0.15) is 43.1 Å². The zero-order chi connectivity index (χ0) is 16.9. The quantitative estimate of drug-likeness (QED) is 0.822. The molecular weight excluding hydrogens is 310 g/mol. The third-order valence-electron chi connectivity index (χ3n) is 3.78. The van der Waals surface area contributed by atoms with Gasteiger partial charge in [-0.3, -0.25) is 4.79 Å². The molecule has 2 aromatic rings. The number of para-hydroxylation sites is 1. The third-order valence-corrected chi connectivity index (χ3v) is 4.03. The number of halogens is 1. The van der Waals surface area contributed by atoms with E-state index in [0.29, 0.717) is 22.9 Å². The van der Waals surface area contributed by atoms with Gasteiger partial charge in [-0.2, -0.15) is 0 Å². The predicted octanol–water partition coefficient (Wildman–Crippen LogP) is 4.84. The van der Waals surface area contributed by atoms with Gasteiger partial charge < -0.3 is 10.1 Å². The van der Waals surface area contributed by atoms with Crippen molar-refractivity contribution in [2.45, 2.75) is 39.3 Å². The van der Waals surface area contributed by atoms with Crippen molar-refractivity contribution in [3.63, 3.8) is 0 Å². The minimum Gasteiger partial charge on any atom is -0.488 e. The number of hydrogen-bond donors (Lipinski definition) is 1. The van der Waals surface area contributed by atoms with Crippen molar-refractivity contribution in [1.29, 1.82) is 0 Å². The van der Waals surface area contributed by atoms with Gasteiger partial charge in [0.05, 0.1) is 5.56 Å². The number of amides is 1. The van der Waals surface area contributed by atoms with Crippen LogP contribution in [0.2, 0.25) is 5.02 Å². The molecule has 0 atom stereocenters. The molecule has 2 rings (SSSR count). The standard InChI is InChI=1S/C19H22ClNO2/c1-4-19(2,3)21-18(22)16-7-5-6-8-17(16)23-13-14-9-11-15(20)12-10-14/h5-12H,4,13H2,1-3H3,(H,21,22). The lowest BCUT2D eigenvalue weighted by Crippen LogP contribution is -2.42. The van der Waals surface area contributed by atoms with E-state index in [1.807, 2.05) is 63.2 Å². The monoisotopic (exact) mass is 331 g/mol. The van der Waals surface area contributed by atoms with E-state index in [2.05, 4.69) is 5.32 Å². The summed E-state index contributed by atoms with van der Waals surface area (Å²) in [5.41, 5.74) is 1.29. The van der Waals surface area contributed by atoms with Crippen LogP contribution in [0, 0.1) is 0 Å². The van der Waals surface area contributed by atoms with E-state index in [4.69, 9.17) is 16.3 Å². The second-order valence-electron chi connectivity index (χ2n) is 6.10. The lowest BCUT2D eigenvalue weighted by Gasteiger charge is -2.25. The number of nitrogens with one attached hydrogen (secondary N) is 1. The fraction of sp³-hybridized carbons (Fsp3) is 0.316. The maximum Gasteiger partial charge on any atom is 0.255 e. The Morgan fingerprint density at radius 3 is 2.43 bits per heavy atom. The summed E-state index contributed by atoms with van der Waals surface area (Å²) in [6.45, 7) is 6.44. The second-order valence-corrected chi connectivity index (χ2v) is 6.54. The van der Waals surface area contributed by atoms with Crippen LogP contribution in [0.15, 0.2) is 48.5 Å². The average Bonchev–Trinajstić information content (AvgIpc) is 2.54. The van der Waals surface area contributed by atoms with Crippen molar-refractivity contribution in [3.8, 4) is 5.75 Å². The van der Waals surface area contributed by atoms with E-state index in [9.17, 15) is 4.79 Å². The summed E-state index contributed by atoms with van der Waals surface area (Å²) in [7, 11) is 0. The molecule has 1 amide bonds. The van der Waals surface area contributed by atoms with E-state index in [0.717, 1.165) is 12.0 Å². The lowest BCUT2D eigenvalue weighted by molar-refractivity contribution is 0.0906. The first-order valence-corrected chi connectivity index (χ1v) is 8.08. The first-order valence-electron chi connectivity index (χ1n) is 7.70. The smallest absolute Gasteiger partial charge is 0.255 e. The van der Waals surface area contributed by atoms with Crippen LogP contribution >= 0.6 is 11.6 Å². The summed E-state index contributed by atoms with van der Waals surface area (Å²) in [5, 5.41) is 3.72. The molecule has 122 valence electrons. The zero-order valence-electron chi connectivity index (χ0n) is 13.7. The summed E-state index contributed by atoms with van der Waals surface area (Å²) >= 11 is 5.88. The minimum atomic E-state index is -0.250. The van der Waals surface area contributed by atoms with Crippen molar-refractivity contribution in [2.75, 3.05) is 0 Å². The zero-order valence-corrected chi connectivity index (χ0v) is 14.5. The maximum atomic E-state index is 12.5. The number of carbonyl (C=O) groups excluding carboxylic acids is 1. The van der Waals surface area contributed by atoms with Gasteiger partial charge in [0.25, 0.3) is 5.91 Å². The molecule has 0 spiro atoms. The van der Waals surface area contributed by atoms with Gasteiger partial charge in [-0.25, -0.2) is 0 Å². The van der Waals surface area contributed by atoms with Gasteiger partial charge in [-0.1, -0.05) is 42.8 Å². The predicted molar refractivity (Wildman–Crippen MR) is 94.1 cm³/mol. The Kier molecular flexibility index (Phi) is 5.67. The highest BCUT2D eigenvalue weighted by Crippen LogP contribution is 2.21. The molecule has 0 aromatic heterocycles. The highest BCUT2D eigenvalue weighted by Gasteiger charge is 2.21. The molecule has 3 nitrogen and oxygen atoms in total. The van der Waals surface area contributed by atoms with Gasteiger partial charge in [-0.05, 0) is 50.1 Å². The van der Waals surface area contributed by atoms with Crippen LogP contribution in [0.3, 0.4) is 0 Å². The fourth-order valence-electron chi connectivity index (χ4n) is 1.98. The molecule has 2 aromatic carbocycles. The van der Waals surface area contributed by atoms with Crippen LogP contribution in [-0.2, 0) is 6.61 Å². The maximum absolute atomic E-state index is 12.5. The number of rotatable bonds is 6. The molecule has 0 radical (unpaired) electrons. The normalized spacial score (nSPS) is 11.1. The van der Waals surface area contributed by atoms with E-state index < -0.39 is 0 Å². The number of hydrogen-bond acceptors (Lipinski definition) is 2. The van der Waals surface area contributed by atoms with Crippen LogP contribution < -0.4 is 10.1 Å². The van der Waals surface area contributed by atoms with Gasteiger partial charge in [0.15, 0.2) is 0 Å². The summed E-state index contributed by atoms with van der Waals surface area (Å²) in [6, 6.07) is 14.7. The number of benzene rings is 2. The molecule has 0 aliphatic heterocycles. The Hall–Kier alpha value is -2.00. The van der Waals surface area contributed by atoms with Gasteiger partial charge >= 0.3 is 0 Å². The summed E-state index contributed by atoms with van der Waals surface area (Å²) in [6.07, 6.45) is 0.854. The van der Waals surface area contributed by atoms with Gasteiger partial charge in [0, 0.05) is 10.6 Å². The molecule has 0 heterocycles. The molecule has 1 N–H and O–H groups in total. The fourth-order valence-corrected chi connectivity index (χ4v) is 2.11. The van der Waals surface area contributed by atoms with Crippen molar-refractivity contribution in [2.24, 2.45) is 0 Å². The number of carbonyl (C=O) groups is 1. The number of ether oxygens (including phenoxy) is 1. The van der Waals surface area contributed by atoms with Gasteiger partial charge in [0.1, 0.15) is 12.4 Å². The minimum absolute atomic E-state index is 0.122. The van der Waals surface area contributed by atoms with Crippen LogP contribution in [-0.4, -0.2) is 11.4 Å². The highest BCUT2D eigenvalue weighted by atomic mass is 35.5. The largest absolute Gasteiger partial charge is 0.488 e. The molecule has 0 saturated heterocycles. The van der Waals surface area contributed by atoms with Gasteiger partial charge in [-0.15, -0.1) is 0 Å². The van der Waals surface area contributed by atoms with Crippen molar-refractivity contribution in [3.05, 3.63) is 64.7 Å². The molecule has 0 saturated carbocycles. The van der Waals surface area contributed by atoms with Crippen LogP contribution in [0.5, 0.6) is 5.75 Å². The molecule has 0 aliphatic carbocycles. The first-order chi connectivity index (χ1) is 10.9. The Labute approximate surface area is 142 Å². The van der Waals surface area contributed by atoms with Crippen molar-refractivity contribution >= 4 is 17.5 Å². The first kappa shape index (κ1) is 17.4. The molecule has 0 aliphatic rings. The highest BCUT2D eigenvalue weighted by molar-refractivity contribution is 6.30. The SMILES string of the molecule is CCC(C)(C)NC(=O)c1ccccc1OCc1ccc(Cl)cc1. The Morgan fingerprint density at radius 2 is 1.78 bits per heavy atom. The Morgan fingerprint density at radius 1 is 1.13 bits per heavy atom. The molecule has 0 fully saturated rings. The summed E-state index contributed by atoms with van der Waals surface area (Å²) in [5.74, 6) is 0.454. The van der Waals surface area contributed by atoms with E-state index in [-0.39, 0.29) is 11.4 Å². The molecule has 4 heteroatoms. The van der Waals surface area contributed by atoms with Crippen molar-refractivity contribution < 1.29 is 9.53 Å². The topological polar surface area (TPSA) is 38.3 Å². The summed E-state index contributed by atoms with van der Waals surface area (Å²) in [4.78, 5) is 12.5. The molecule has 0 unspecified atom stereocenters. The van der Waals surface area contributed by atoms with Crippen LogP contribution in [0.25, 0.3) is 0 Å². The van der Waals surface area contributed by atoms with Gasteiger partial charge in [0.2, 0.25) is 0 Å². The average molecular weight is 332 g/mol. The van der Waals surface area contributed by atoms with E-state index >= 15 is 0 Å². The molecular formula is C19H22ClNO2. The lowest BCUT2D eigenvalue weighted by atomic mass is 10.0. The third kappa shape index (κ3) is 5.00. The Bertz CT molecular complexity index is 665.